The van der Waals surface area contributed by atoms with Crippen LogP contribution in [0.1, 0.15) is 31.9 Å². The lowest BCUT2D eigenvalue weighted by atomic mass is 9.94. The van der Waals surface area contributed by atoms with Crippen molar-refractivity contribution in [3.8, 4) is 6.07 Å². The molecule has 1 rings (SSSR count). The maximum Gasteiger partial charge on any atom is 0.150 e. The Labute approximate surface area is 105 Å². The number of nitriles is 1. The van der Waals surface area contributed by atoms with E-state index in [9.17, 15) is 0 Å². The molecule has 16 heavy (non-hydrogen) atoms. The Bertz CT molecular complexity index is 370. The molecule has 1 aromatic heterocycles. The van der Waals surface area contributed by atoms with E-state index in [1.165, 1.54) is 0 Å². The Morgan fingerprint density at radius 1 is 1.69 bits per heavy atom. The molecule has 0 saturated carbocycles. The standard InChI is InChI=1S/C11H17N3S2/c1-3-11(13,8-12)5-4-6-15-10-14-9(2)7-16-10/h7H,3-6,13H2,1-2H3. The van der Waals surface area contributed by atoms with Crippen LogP contribution in [0.25, 0.3) is 0 Å². The highest BCUT2D eigenvalue weighted by Crippen LogP contribution is 2.24. The third-order valence-electron chi connectivity index (χ3n) is 2.44. The Kier molecular flexibility index (Phi) is 5.26. The van der Waals surface area contributed by atoms with Gasteiger partial charge in [0.25, 0.3) is 0 Å². The minimum absolute atomic E-state index is 0.640. The fourth-order valence-corrected chi connectivity index (χ4v) is 3.12. The Balaban J connectivity index is 2.24. The second-order valence-electron chi connectivity index (χ2n) is 3.83. The van der Waals surface area contributed by atoms with Crippen LogP contribution in [0.5, 0.6) is 0 Å². The van der Waals surface area contributed by atoms with Gasteiger partial charge in [0.15, 0.2) is 0 Å². The third-order valence-corrected chi connectivity index (χ3v) is 4.67. The van der Waals surface area contributed by atoms with Gasteiger partial charge in [0.05, 0.1) is 6.07 Å². The normalized spacial score (nSPS) is 14.4. The summed E-state index contributed by atoms with van der Waals surface area (Å²) in [5.41, 5.74) is 6.33. The molecular formula is C11H17N3S2. The zero-order valence-corrected chi connectivity index (χ0v) is 11.3. The number of aromatic nitrogens is 1. The van der Waals surface area contributed by atoms with Crippen molar-refractivity contribution in [1.82, 2.24) is 4.98 Å². The Morgan fingerprint density at radius 3 is 2.94 bits per heavy atom. The number of thioether (sulfide) groups is 1. The average molecular weight is 255 g/mol. The van der Waals surface area contributed by atoms with Crippen LogP contribution in [0.3, 0.4) is 0 Å². The van der Waals surface area contributed by atoms with Crippen LogP contribution in [0.4, 0.5) is 0 Å². The second-order valence-corrected chi connectivity index (χ2v) is 6.03. The molecule has 0 saturated heterocycles. The van der Waals surface area contributed by atoms with Gasteiger partial charge in [0.1, 0.15) is 9.88 Å². The minimum atomic E-state index is -0.640. The highest BCUT2D eigenvalue weighted by molar-refractivity contribution is 8.00. The summed E-state index contributed by atoms with van der Waals surface area (Å²) < 4.78 is 1.11. The summed E-state index contributed by atoms with van der Waals surface area (Å²) in [5, 5.41) is 11.0. The molecule has 0 amide bonds. The molecule has 0 fully saturated rings. The van der Waals surface area contributed by atoms with Gasteiger partial charge in [0, 0.05) is 16.8 Å². The fraction of sp³-hybridized carbons (Fsp3) is 0.636. The van der Waals surface area contributed by atoms with Crippen molar-refractivity contribution in [1.29, 1.82) is 5.26 Å². The maximum atomic E-state index is 8.91. The van der Waals surface area contributed by atoms with Crippen molar-refractivity contribution < 1.29 is 0 Å². The molecule has 0 aromatic carbocycles. The van der Waals surface area contributed by atoms with Crippen LogP contribution in [-0.2, 0) is 0 Å². The summed E-state index contributed by atoms with van der Waals surface area (Å²) in [5.74, 6) is 0.980. The number of rotatable bonds is 6. The molecule has 0 radical (unpaired) electrons. The van der Waals surface area contributed by atoms with Gasteiger partial charge in [-0.3, -0.25) is 0 Å². The smallest absolute Gasteiger partial charge is 0.150 e. The number of nitrogens with two attached hydrogens (primary N) is 1. The molecule has 0 aliphatic carbocycles. The van der Waals surface area contributed by atoms with Crippen molar-refractivity contribution in [3.05, 3.63) is 11.1 Å². The molecule has 0 aliphatic rings. The van der Waals surface area contributed by atoms with E-state index in [0.29, 0.717) is 6.42 Å². The van der Waals surface area contributed by atoms with Crippen LogP contribution in [-0.4, -0.2) is 16.3 Å². The summed E-state index contributed by atoms with van der Waals surface area (Å²) in [4.78, 5) is 4.37. The molecule has 0 spiro atoms. The summed E-state index contributed by atoms with van der Waals surface area (Å²) in [7, 11) is 0. The summed E-state index contributed by atoms with van der Waals surface area (Å²) in [6.45, 7) is 3.96. The van der Waals surface area contributed by atoms with E-state index < -0.39 is 5.54 Å². The van der Waals surface area contributed by atoms with Crippen molar-refractivity contribution in [2.45, 2.75) is 43.0 Å². The van der Waals surface area contributed by atoms with E-state index in [2.05, 4.69) is 16.4 Å². The lowest BCUT2D eigenvalue weighted by Crippen LogP contribution is -2.37. The second kappa shape index (κ2) is 6.24. The summed E-state index contributed by atoms with van der Waals surface area (Å²) in [6, 6.07) is 2.19. The predicted molar refractivity (Wildman–Crippen MR) is 69.6 cm³/mol. The van der Waals surface area contributed by atoms with Crippen LogP contribution in [0.2, 0.25) is 0 Å². The minimum Gasteiger partial charge on any atom is -0.313 e. The fourth-order valence-electron chi connectivity index (χ4n) is 1.26. The molecular weight excluding hydrogens is 238 g/mol. The van der Waals surface area contributed by atoms with Gasteiger partial charge in [-0.1, -0.05) is 18.7 Å². The van der Waals surface area contributed by atoms with Gasteiger partial charge in [0.2, 0.25) is 0 Å². The zero-order valence-electron chi connectivity index (χ0n) is 9.69. The first kappa shape index (κ1) is 13.5. The van der Waals surface area contributed by atoms with Crippen LogP contribution >= 0.6 is 23.1 Å². The lowest BCUT2D eigenvalue weighted by Gasteiger charge is -2.18. The molecule has 2 N–H and O–H groups in total. The quantitative estimate of drug-likeness (QED) is 0.627. The number of thiazole rings is 1. The van der Waals surface area contributed by atoms with Gasteiger partial charge in [-0.2, -0.15) is 5.26 Å². The lowest BCUT2D eigenvalue weighted by molar-refractivity contribution is 0.478. The number of aryl methyl sites for hydroxylation is 1. The largest absolute Gasteiger partial charge is 0.313 e. The summed E-state index contributed by atoms with van der Waals surface area (Å²) >= 11 is 3.42. The molecule has 1 atom stereocenters. The highest BCUT2D eigenvalue weighted by Gasteiger charge is 2.20. The highest BCUT2D eigenvalue weighted by atomic mass is 32.2. The van der Waals surface area contributed by atoms with Crippen molar-refractivity contribution in [2.24, 2.45) is 5.73 Å². The topological polar surface area (TPSA) is 62.7 Å². The maximum absolute atomic E-state index is 8.91. The molecule has 1 heterocycles. The first-order valence-corrected chi connectivity index (χ1v) is 7.21. The molecule has 1 aromatic rings. The van der Waals surface area contributed by atoms with Crippen molar-refractivity contribution in [2.75, 3.05) is 5.75 Å². The predicted octanol–water partition coefficient (Wildman–Crippen LogP) is 2.95. The first-order valence-electron chi connectivity index (χ1n) is 5.35. The molecule has 3 nitrogen and oxygen atoms in total. The molecule has 0 aliphatic heterocycles. The molecule has 1 unspecified atom stereocenters. The van der Waals surface area contributed by atoms with Gasteiger partial charge in [-0.15, -0.1) is 11.3 Å². The van der Waals surface area contributed by atoms with Crippen molar-refractivity contribution in [3.63, 3.8) is 0 Å². The van der Waals surface area contributed by atoms with E-state index in [1.54, 1.807) is 23.1 Å². The third kappa shape index (κ3) is 4.12. The van der Waals surface area contributed by atoms with E-state index in [0.717, 1.165) is 28.6 Å². The van der Waals surface area contributed by atoms with Crippen LogP contribution in [0.15, 0.2) is 9.72 Å². The van der Waals surface area contributed by atoms with Gasteiger partial charge < -0.3 is 5.73 Å². The van der Waals surface area contributed by atoms with Crippen LogP contribution in [0, 0.1) is 18.3 Å². The zero-order chi connectivity index (χ0) is 12.0. The number of nitrogens with zero attached hydrogens (tertiary/aromatic N) is 2. The van der Waals surface area contributed by atoms with E-state index in [1.807, 2.05) is 13.8 Å². The van der Waals surface area contributed by atoms with Gasteiger partial charge in [-0.05, 0) is 26.2 Å². The molecule has 0 bridgehead atoms. The Morgan fingerprint density at radius 2 is 2.44 bits per heavy atom. The Hall–Kier alpha value is -0.570. The van der Waals surface area contributed by atoms with E-state index >= 15 is 0 Å². The van der Waals surface area contributed by atoms with Gasteiger partial charge >= 0.3 is 0 Å². The number of hydrogen-bond donors (Lipinski definition) is 1. The van der Waals surface area contributed by atoms with E-state index in [4.69, 9.17) is 11.0 Å². The monoisotopic (exact) mass is 255 g/mol. The number of hydrogen-bond acceptors (Lipinski definition) is 5. The van der Waals surface area contributed by atoms with Crippen LogP contribution < -0.4 is 5.73 Å². The molecule has 5 heteroatoms. The first-order chi connectivity index (χ1) is 7.59. The summed E-state index contributed by atoms with van der Waals surface area (Å²) in [6.07, 6.45) is 2.43. The SMILES string of the molecule is CCC(N)(C#N)CCCSc1nc(C)cs1. The van der Waals surface area contributed by atoms with Crippen molar-refractivity contribution >= 4 is 23.1 Å². The average Bonchev–Trinajstić information content (AvgIpc) is 2.70. The molecule has 88 valence electrons. The van der Waals surface area contributed by atoms with E-state index in [-0.39, 0.29) is 0 Å². The van der Waals surface area contributed by atoms with Gasteiger partial charge in [-0.25, -0.2) is 4.98 Å².